The van der Waals surface area contributed by atoms with E-state index in [0.717, 1.165) is 69.0 Å². The van der Waals surface area contributed by atoms with Gasteiger partial charge in [-0.3, -0.25) is 28.8 Å². The molecule has 3 aromatic heterocycles. The fraction of sp³-hybridized carbons (Fsp3) is 0.282. The molecule has 3 aliphatic heterocycles. The van der Waals surface area contributed by atoms with Gasteiger partial charge in [0, 0.05) is 85.5 Å². The highest BCUT2D eigenvalue weighted by atomic mass is 32.1. The van der Waals surface area contributed by atoms with E-state index in [1.54, 1.807) is 43.7 Å². The number of carbonyl (C=O) groups excluding carboxylic acids is 6. The highest BCUT2D eigenvalue weighted by molar-refractivity contribution is 7.12. The van der Waals surface area contributed by atoms with Crippen LogP contribution >= 0.6 is 23.1 Å². The molecule has 6 atom stereocenters. The van der Waals surface area contributed by atoms with E-state index >= 15 is 0 Å². The maximum Gasteiger partial charge on any atom is 0.280 e. The zero-order valence-corrected chi connectivity index (χ0v) is 53.5. The zero-order chi connectivity index (χ0) is 63.8. The minimum atomic E-state index is -0.184. The van der Waals surface area contributed by atoms with Gasteiger partial charge >= 0.3 is 0 Å². The number of para-hydroxylation sites is 6. The topological polar surface area (TPSA) is 183 Å². The summed E-state index contributed by atoms with van der Waals surface area (Å²) in [5.74, 6) is 1.22. The summed E-state index contributed by atoms with van der Waals surface area (Å²) >= 11 is 2.40. The monoisotopic (exact) mass is 1240 g/mol. The molecule has 0 saturated carbocycles. The van der Waals surface area contributed by atoms with Crippen molar-refractivity contribution in [1.29, 1.82) is 0 Å². The van der Waals surface area contributed by atoms with Crippen LogP contribution in [0.5, 0.6) is 5.75 Å². The Bertz CT molecular complexity index is 3970. The van der Waals surface area contributed by atoms with Crippen LogP contribution in [0.15, 0.2) is 192 Å². The van der Waals surface area contributed by atoms with Crippen molar-refractivity contribution in [2.75, 3.05) is 36.5 Å². The predicted molar refractivity (Wildman–Crippen MR) is 355 cm³/mol. The number of anilines is 6. The molecule has 9 aromatic rings. The number of nitrogens with zero attached hydrogens (tertiary/aromatic N) is 9. The van der Waals surface area contributed by atoms with Gasteiger partial charge in [0.1, 0.15) is 16.4 Å². The Morgan fingerprint density at radius 2 is 0.911 bits per heavy atom. The number of aromatic nitrogens is 3. The molecule has 0 aliphatic carbocycles. The molecule has 90 heavy (non-hydrogen) atoms. The predicted octanol–water partition coefficient (Wildman–Crippen LogP) is 14.8. The molecule has 0 saturated heterocycles. The standard InChI is InChI=1S/C26H29N3O3.C24H24N2O3S.C21H20N4O2S/c1-17(2)14-21-16-23(27-32-21)26(31)28-18(3)15-25(22-12-8-9-13-24(22)28)29(19(4)30)20-10-6-5-7-11-20;1-16-15-21(26(17(2)27)18-9-5-4-6-10-18)19-11-7-8-12-20(19)25(16)24(28)23-22(29-3)13-14-30-23;1-14-12-20(25(15(2)26)16-8-4-3-5-9-16)17-10-6-7-11-19(17)24(14)21(27)18-13-22-28-23-18/h5-13,16-18,25H,14-15H2,1-4H3;4-14,16,21H,15H2,1-3H3;3-11,13-14,20H,12H2,1-2H3/t18-,25+;16-,21+;14-,20+/m000/s1. The van der Waals surface area contributed by atoms with Crippen molar-refractivity contribution >= 4 is 92.6 Å². The molecule has 462 valence electrons. The fourth-order valence-electron chi connectivity index (χ4n) is 12.7. The first-order valence-corrected chi connectivity index (χ1v) is 31.7. The molecule has 17 nitrogen and oxygen atoms in total. The Kier molecular flexibility index (Phi) is 19.9. The number of rotatable bonds is 12. The van der Waals surface area contributed by atoms with Crippen LogP contribution in [0.2, 0.25) is 0 Å². The summed E-state index contributed by atoms with van der Waals surface area (Å²) in [7, 11) is 1.58. The van der Waals surface area contributed by atoms with Gasteiger partial charge in [-0.05, 0) is 129 Å². The van der Waals surface area contributed by atoms with Crippen LogP contribution in [0.25, 0.3) is 0 Å². The third-order valence-corrected chi connectivity index (χ3v) is 17.8. The number of methoxy groups -OCH3 is 1. The Balaban J connectivity index is 0.000000149. The molecule has 6 amide bonds. The van der Waals surface area contributed by atoms with E-state index < -0.39 is 0 Å². The second kappa shape index (κ2) is 28.3. The molecule has 0 bridgehead atoms. The number of benzene rings is 6. The number of carbonyl (C=O) groups is 6. The third kappa shape index (κ3) is 13.4. The maximum atomic E-state index is 13.5. The molecule has 0 N–H and O–H groups in total. The van der Waals surface area contributed by atoms with Gasteiger partial charge < -0.3 is 38.7 Å². The lowest BCUT2D eigenvalue weighted by atomic mass is 9.89. The first-order valence-electron chi connectivity index (χ1n) is 30.1. The van der Waals surface area contributed by atoms with Crippen LogP contribution in [-0.2, 0) is 20.8 Å². The first kappa shape index (κ1) is 63.4. The Morgan fingerprint density at radius 3 is 1.28 bits per heavy atom. The smallest absolute Gasteiger partial charge is 0.280 e. The number of hydrogen-bond acceptors (Lipinski definition) is 13. The number of amides is 6. The van der Waals surface area contributed by atoms with Crippen molar-refractivity contribution in [3.05, 3.63) is 226 Å². The molecule has 6 heterocycles. The minimum Gasteiger partial charge on any atom is -0.495 e. The summed E-state index contributed by atoms with van der Waals surface area (Å²) < 4.78 is 18.8. The molecular weight excluding hydrogens is 1170 g/mol. The van der Waals surface area contributed by atoms with E-state index in [1.807, 2.05) is 216 Å². The first-order chi connectivity index (χ1) is 43.5. The van der Waals surface area contributed by atoms with Crippen molar-refractivity contribution in [3.63, 3.8) is 0 Å². The van der Waals surface area contributed by atoms with Gasteiger partial charge in [-0.25, -0.2) is 0 Å². The molecule has 19 heteroatoms. The fourth-order valence-corrected chi connectivity index (χ4v) is 13.9. The van der Waals surface area contributed by atoms with Gasteiger partial charge in [0.05, 0.1) is 43.2 Å². The second-order valence-electron chi connectivity index (χ2n) is 23.1. The van der Waals surface area contributed by atoms with E-state index in [4.69, 9.17) is 9.26 Å². The molecular formula is C71H73N9O8S2. The second-order valence-corrected chi connectivity index (χ2v) is 24.5. The van der Waals surface area contributed by atoms with Crippen molar-refractivity contribution in [2.45, 2.75) is 117 Å². The van der Waals surface area contributed by atoms with E-state index in [-0.39, 0.29) is 71.7 Å². The lowest BCUT2D eigenvalue weighted by Gasteiger charge is -2.43. The van der Waals surface area contributed by atoms with E-state index in [9.17, 15) is 28.8 Å². The van der Waals surface area contributed by atoms with Gasteiger partial charge in [0.25, 0.3) is 17.7 Å². The van der Waals surface area contributed by atoms with Gasteiger partial charge in [-0.2, -0.15) is 8.75 Å². The highest BCUT2D eigenvalue weighted by Gasteiger charge is 2.42. The van der Waals surface area contributed by atoms with Crippen molar-refractivity contribution < 1.29 is 38.0 Å². The summed E-state index contributed by atoms with van der Waals surface area (Å²) in [6, 6.07) is 55.3. The Morgan fingerprint density at radius 1 is 0.533 bits per heavy atom. The van der Waals surface area contributed by atoms with Crippen LogP contribution in [0.1, 0.15) is 146 Å². The number of fused-ring (bicyclic) bond motifs is 3. The quantitative estimate of drug-likeness (QED) is 0.113. The highest BCUT2D eigenvalue weighted by Crippen LogP contribution is 2.46. The van der Waals surface area contributed by atoms with Gasteiger partial charge in [0.2, 0.25) is 17.7 Å². The van der Waals surface area contributed by atoms with Crippen molar-refractivity contribution in [2.24, 2.45) is 5.92 Å². The molecule has 0 unspecified atom stereocenters. The zero-order valence-electron chi connectivity index (χ0n) is 51.9. The van der Waals surface area contributed by atoms with Crippen LogP contribution in [0.4, 0.5) is 34.1 Å². The average molecular weight is 1240 g/mol. The molecule has 3 aliphatic rings. The van der Waals surface area contributed by atoms with E-state index in [1.165, 1.54) is 17.5 Å². The number of hydrogen-bond donors (Lipinski definition) is 0. The van der Waals surface area contributed by atoms with Gasteiger partial charge in [-0.1, -0.05) is 128 Å². The number of ether oxygens (including phenoxy) is 1. The van der Waals surface area contributed by atoms with Crippen molar-refractivity contribution in [1.82, 2.24) is 13.9 Å². The SMILES string of the molecule is CC(=O)N(c1ccccc1)[C@@H]1C[C@H](C)N(C(=O)c2cc(CC(C)C)on2)c2ccccc21.CC(=O)N(c1ccccc1)[C@@H]1C[C@H](C)N(C(=O)c2cnsn2)c2ccccc21.COc1ccsc1C(=O)N1c2ccccc2[C@H](N(C(C)=O)c2ccccc2)C[C@@H]1C. The summed E-state index contributed by atoms with van der Waals surface area (Å²) in [4.78, 5) is 89.4. The summed E-state index contributed by atoms with van der Waals surface area (Å²) in [5, 5.41) is 5.91. The van der Waals surface area contributed by atoms with Crippen LogP contribution in [0.3, 0.4) is 0 Å². The van der Waals surface area contributed by atoms with E-state index in [2.05, 4.69) is 27.8 Å². The molecule has 0 fully saturated rings. The average Bonchev–Trinajstić information content (AvgIpc) is 1.34. The maximum absolute atomic E-state index is 13.5. The summed E-state index contributed by atoms with van der Waals surface area (Å²) in [6.07, 6.45) is 4.13. The molecule has 0 spiro atoms. The number of thiophene rings is 1. The van der Waals surface area contributed by atoms with Crippen molar-refractivity contribution in [3.8, 4) is 5.75 Å². The molecule has 0 radical (unpaired) electrons. The largest absolute Gasteiger partial charge is 0.495 e. The Hall–Kier alpha value is -9.59. The normalized spacial score (nSPS) is 18.0. The van der Waals surface area contributed by atoms with E-state index in [0.29, 0.717) is 53.0 Å². The molecule has 12 rings (SSSR count). The lowest BCUT2D eigenvalue weighted by molar-refractivity contribution is -0.118. The minimum absolute atomic E-state index is 0.0205. The summed E-state index contributed by atoms with van der Waals surface area (Å²) in [5.41, 5.74) is 8.54. The summed E-state index contributed by atoms with van der Waals surface area (Å²) in [6.45, 7) is 15.0. The third-order valence-electron chi connectivity index (χ3n) is 16.4. The van der Waals surface area contributed by atoms with Crippen LogP contribution in [-0.4, -0.2) is 74.6 Å². The van der Waals surface area contributed by atoms with Gasteiger partial charge in [0.15, 0.2) is 11.4 Å². The molecule has 6 aromatic carbocycles. The van der Waals surface area contributed by atoms with Gasteiger partial charge in [-0.15, -0.1) is 11.3 Å². The lowest BCUT2D eigenvalue weighted by Crippen LogP contribution is -2.47. The van der Waals surface area contributed by atoms with Crippen LogP contribution < -0.4 is 34.1 Å². The Labute approximate surface area is 533 Å². The van der Waals surface area contributed by atoms with Crippen LogP contribution in [0, 0.1) is 5.92 Å².